The molecule has 1 unspecified atom stereocenters. The number of nitrogens with one attached hydrogen (secondary N) is 1. The fourth-order valence-electron chi connectivity index (χ4n) is 3.46. The van der Waals surface area contributed by atoms with E-state index in [0.29, 0.717) is 10.7 Å². The van der Waals surface area contributed by atoms with Crippen molar-refractivity contribution in [2.45, 2.75) is 52.6 Å². The summed E-state index contributed by atoms with van der Waals surface area (Å²) in [7, 11) is 1.39. The van der Waals surface area contributed by atoms with Crippen LogP contribution in [0.5, 0.6) is 0 Å². The Balaban J connectivity index is 1.67. The van der Waals surface area contributed by atoms with Gasteiger partial charge in [0.05, 0.1) is 19.0 Å². The summed E-state index contributed by atoms with van der Waals surface area (Å²) in [5, 5.41) is 9.02. The molecule has 0 saturated carbocycles. The Morgan fingerprint density at radius 2 is 2.15 bits per heavy atom. The third-order valence-electron chi connectivity index (χ3n) is 4.83. The summed E-state index contributed by atoms with van der Waals surface area (Å²) in [6, 6.07) is 0.197. The van der Waals surface area contributed by atoms with E-state index in [4.69, 9.17) is 4.74 Å². The van der Waals surface area contributed by atoms with Gasteiger partial charge in [-0.15, -0.1) is 11.3 Å². The van der Waals surface area contributed by atoms with Crippen molar-refractivity contribution in [3.63, 3.8) is 0 Å². The van der Waals surface area contributed by atoms with Crippen LogP contribution in [0.4, 0.5) is 5.82 Å². The van der Waals surface area contributed by atoms with E-state index in [1.807, 2.05) is 18.5 Å². The lowest BCUT2D eigenvalue weighted by atomic mass is 10.1. The van der Waals surface area contributed by atoms with Crippen LogP contribution in [0.15, 0.2) is 0 Å². The molecule has 142 valence electrons. The van der Waals surface area contributed by atoms with Crippen molar-refractivity contribution >= 4 is 33.3 Å². The van der Waals surface area contributed by atoms with Crippen molar-refractivity contribution in [2.24, 2.45) is 0 Å². The van der Waals surface area contributed by atoms with Gasteiger partial charge in [-0.3, -0.25) is 0 Å². The highest BCUT2D eigenvalue weighted by Crippen LogP contribution is 2.35. The number of hydrogen-bond donors (Lipinski definition) is 1. The Kier molecular flexibility index (Phi) is 4.55. The topological polar surface area (TPSA) is 94.8 Å². The van der Waals surface area contributed by atoms with Crippen LogP contribution in [0.2, 0.25) is 0 Å². The second kappa shape index (κ2) is 6.88. The third kappa shape index (κ3) is 3.16. The summed E-state index contributed by atoms with van der Waals surface area (Å²) in [5.74, 6) is 3.05. The fourth-order valence-corrected chi connectivity index (χ4v) is 4.60. The summed E-state index contributed by atoms with van der Waals surface area (Å²) in [4.78, 5) is 27.1. The summed E-state index contributed by atoms with van der Waals surface area (Å²) in [6.45, 7) is 6.59. The molecule has 0 fully saturated rings. The highest BCUT2D eigenvalue weighted by Gasteiger charge is 2.25. The molecule has 0 aliphatic carbocycles. The average molecular weight is 386 g/mol. The van der Waals surface area contributed by atoms with Crippen LogP contribution < -0.4 is 5.32 Å². The minimum absolute atomic E-state index is 0.197. The van der Waals surface area contributed by atoms with Gasteiger partial charge in [0.15, 0.2) is 5.82 Å². The van der Waals surface area contributed by atoms with Gasteiger partial charge in [0, 0.05) is 18.9 Å². The number of aryl methyl sites for hydroxylation is 4. The molecule has 1 aliphatic rings. The smallest absolute Gasteiger partial charge is 0.348 e. The van der Waals surface area contributed by atoms with E-state index in [2.05, 4.69) is 32.3 Å². The number of carbonyl (C=O) groups excluding carboxylic acids is 1. The molecule has 3 aromatic heterocycles. The fraction of sp³-hybridized carbons (Fsp3) is 0.500. The van der Waals surface area contributed by atoms with E-state index in [9.17, 15) is 4.79 Å². The minimum atomic E-state index is -0.337. The Morgan fingerprint density at radius 1 is 1.33 bits per heavy atom. The maximum absolute atomic E-state index is 12.1. The molecule has 27 heavy (non-hydrogen) atoms. The number of carbonyl (C=O) groups is 1. The van der Waals surface area contributed by atoms with E-state index in [1.54, 1.807) is 0 Å². The lowest BCUT2D eigenvalue weighted by Crippen LogP contribution is -2.32. The zero-order valence-electron chi connectivity index (χ0n) is 15.9. The number of esters is 1. The van der Waals surface area contributed by atoms with Crippen molar-refractivity contribution < 1.29 is 9.53 Å². The Labute approximate surface area is 161 Å². The number of ether oxygens (including phenoxy) is 1. The zero-order valence-corrected chi connectivity index (χ0v) is 16.7. The van der Waals surface area contributed by atoms with E-state index in [-0.39, 0.29) is 12.0 Å². The molecule has 4 rings (SSSR count). The predicted octanol–water partition coefficient (Wildman–Crippen LogP) is 2.68. The molecule has 0 saturated heterocycles. The monoisotopic (exact) mass is 386 g/mol. The molecule has 0 amide bonds. The number of fused-ring (bicyclic) bond motifs is 2. The molecule has 8 nitrogen and oxygen atoms in total. The molecule has 1 atom stereocenters. The molecule has 4 heterocycles. The molecular weight excluding hydrogens is 364 g/mol. The minimum Gasteiger partial charge on any atom is -0.465 e. The van der Waals surface area contributed by atoms with Crippen molar-refractivity contribution in [3.8, 4) is 0 Å². The first kappa shape index (κ1) is 17.8. The van der Waals surface area contributed by atoms with Crippen molar-refractivity contribution in [1.82, 2.24) is 24.7 Å². The van der Waals surface area contributed by atoms with Crippen molar-refractivity contribution in [1.29, 1.82) is 0 Å². The van der Waals surface area contributed by atoms with Crippen LogP contribution >= 0.6 is 11.3 Å². The quantitative estimate of drug-likeness (QED) is 0.689. The van der Waals surface area contributed by atoms with Crippen LogP contribution in [0.25, 0.3) is 10.2 Å². The first-order valence-electron chi connectivity index (χ1n) is 9.05. The van der Waals surface area contributed by atoms with Crippen LogP contribution in [0.3, 0.4) is 0 Å². The molecule has 3 aromatic rings. The van der Waals surface area contributed by atoms with Crippen LogP contribution in [0, 0.1) is 13.8 Å². The Hall–Kier alpha value is -2.55. The summed E-state index contributed by atoms with van der Waals surface area (Å²) in [5.41, 5.74) is 0.856. The third-order valence-corrected chi connectivity index (χ3v) is 6.00. The van der Waals surface area contributed by atoms with Crippen LogP contribution in [-0.4, -0.2) is 43.9 Å². The van der Waals surface area contributed by atoms with E-state index < -0.39 is 0 Å². The molecule has 1 N–H and O–H groups in total. The van der Waals surface area contributed by atoms with E-state index in [1.165, 1.54) is 18.4 Å². The molecule has 0 aromatic carbocycles. The first-order valence-corrected chi connectivity index (χ1v) is 9.87. The number of methoxy groups -OCH3 is 1. The number of nitrogens with zero attached hydrogens (tertiary/aromatic N) is 5. The molecule has 0 spiro atoms. The number of rotatable bonds is 4. The number of aromatic nitrogens is 5. The molecule has 0 radical (unpaired) electrons. The molecule has 1 aliphatic heterocycles. The summed E-state index contributed by atoms with van der Waals surface area (Å²) < 4.78 is 6.89. The maximum Gasteiger partial charge on any atom is 0.348 e. The first-order chi connectivity index (χ1) is 13.0. The van der Waals surface area contributed by atoms with Gasteiger partial charge < -0.3 is 10.1 Å². The van der Waals surface area contributed by atoms with E-state index in [0.717, 1.165) is 59.1 Å². The second-order valence-corrected chi connectivity index (χ2v) is 7.71. The van der Waals surface area contributed by atoms with Crippen molar-refractivity contribution in [2.75, 3.05) is 12.4 Å². The normalized spacial score (nSPS) is 16.4. The lowest BCUT2D eigenvalue weighted by molar-refractivity contribution is 0.0605. The highest BCUT2D eigenvalue weighted by atomic mass is 32.1. The van der Waals surface area contributed by atoms with Gasteiger partial charge >= 0.3 is 5.97 Å². The predicted molar refractivity (Wildman–Crippen MR) is 103 cm³/mol. The molecule has 9 heteroatoms. The Morgan fingerprint density at radius 3 is 2.89 bits per heavy atom. The van der Waals surface area contributed by atoms with Gasteiger partial charge in [0.2, 0.25) is 0 Å². The zero-order chi connectivity index (χ0) is 19.1. The average Bonchev–Trinajstić information content (AvgIpc) is 3.21. The number of hydrogen-bond acceptors (Lipinski definition) is 8. The molecule has 0 bridgehead atoms. The molecular formula is C18H22N6O2S. The van der Waals surface area contributed by atoms with Gasteiger partial charge in [-0.2, -0.15) is 5.10 Å². The summed E-state index contributed by atoms with van der Waals surface area (Å²) >= 11 is 1.35. The van der Waals surface area contributed by atoms with Gasteiger partial charge in [0.25, 0.3) is 0 Å². The van der Waals surface area contributed by atoms with Gasteiger partial charge in [0.1, 0.15) is 27.2 Å². The Bertz CT molecular complexity index is 1020. The lowest BCUT2D eigenvalue weighted by Gasteiger charge is -2.24. The van der Waals surface area contributed by atoms with Gasteiger partial charge in [-0.1, -0.05) is 6.92 Å². The van der Waals surface area contributed by atoms with E-state index >= 15 is 0 Å². The number of thiophene rings is 1. The standard InChI is InChI=1S/C18H22N6O2S/c1-5-12-22-13-7-6-11(8-24(13)23-12)21-16-14-9(2)15(18(25)26-4)27-17(14)20-10(3)19-16/h11H,5-8H2,1-4H3,(H,19,20,21). The highest BCUT2D eigenvalue weighted by molar-refractivity contribution is 7.20. The van der Waals surface area contributed by atoms with Gasteiger partial charge in [-0.25, -0.2) is 24.4 Å². The largest absolute Gasteiger partial charge is 0.465 e. The van der Waals surface area contributed by atoms with Crippen LogP contribution in [0.1, 0.15) is 46.1 Å². The van der Waals surface area contributed by atoms with Crippen molar-refractivity contribution in [3.05, 3.63) is 27.9 Å². The van der Waals surface area contributed by atoms with Gasteiger partial charge in [-0.05, 0) is 25.8 Å². The maximum atomic E-state index is 12.1. The SMILES string of the molecule is CCc1nc2n(n1)CC(Nc1nc(C)nc3sc(C(=O)OC)c(C)c13)CC2. The summed E-state index contributed by atoms with van der Waals surface area (Å²) in [6.07, 6.45) is 2.68. The van der Waals surface area contributed by atoms with Crippen LogP contribution in [-0.2, 0) is 24.1 Å². The number of anilines is 1. The second-order valence-electron chi connectivity index (χ2n) is 6.71.